The highest BCUT2D eigenvalue weighted by Crippen LogP contribution is 2.34. The molecule has 0 amide bonds. The molecular formula is C14H18FN3O2. The van der Waals surface area contributed by atoms with Gasteiger partial charge in [-0.3, -0.25) is 15.1 Å². The van der Waals surface area contributed by atoms with Crippen molar-refractivity contribution in [2.45, 2.75) is 18.5 Å². The first-order valence-electron chi connectivity index (χ1n) is 6.86. The predicted molar refractivity (Wildman–Crippen MR) is 71.4 cm³/mol. The van der Waals surface area contributed by atoms with E-state index in [1.165, 1.54) is 12.1 Å². The summed E-state index contributed by atoms with van der Waals surface area (Å²) in [7, 11) is 0. The minimum atomic E-state index is -0.821. The number of carboxylic acids is 1. The van der Waals surface area contributed by atoms with Crippen LogP contribution in [0.1, 0.15) is 18.0 Å². The van der Waals surface area contributed by atoms with Crippen LogP contribution in [0.25, 0.3) is 0 Å². The Labute approximate surface area is 116 Å². The molecule has 0 aliphatic carbocycles. The molecule has 0 spiro atoms. The summed E-state index contributed by atoms with van der Waals surface area (Å²) in [5.41, 5.74) is 6.81. The molecule has 1 aromatic carbocycles. The first-order chi connectivity index (χ1) is 9.65. The third-order valence-electron chi connectivity index (χ3n) is 4.21. The van der Waals surface area contributed by atoms with Crippen LogP contribution in [0.2, 0.25) is 0 Å². The van der Waals surface area contributed by atoms with Gasteiger partial charge in [0.15, 0.2) is 0 Å². The number of hydrogen-bond donors (Lipinski definition) is 3. The Hall–Kier alpha value is -1.50. The van der Waals surface area contributed by atoms with Gasteiger partial charge in [0.1, 0.15) is 11.9 Å². The molecule has 2 aliphatic heterocycles. The molecule has 3 rings (SSSR count). The Morgan fingerprint density at radius 2 is 2.15 bits per heavy atom. The molecule has 2 aliphatic rings. The van der Waals surface area contributed by atoms with Crippen LogP contribution in [0.3, 0.4) is 0 Å². The van der Waals surface area contributed by atoms with Crippen LogP contribution in [0, 0.1) is 11.7 Å². The Bertz CT molecular complexity index is 494. The summed E-state index contributed by atoms with van der Waals surface area (Å²) in [5.74, 6) is -0.996. The number of benzene rings is 1. The lowest BCUT2D eigenvalue weighted by molar-refractivity contribution is -0.140. The van der Waals surface area contributed by atoms with Gasteiger partial charge in [-0.05, 0) is 24.1 Å². The first-order valence-corrected chi connectivity index (χ1v) is 6.86. The molecule has 2 saturated heterocycles. The van der Waals surface area contributed by atoms with Crippen molar-refractivity contribution in [3.05, 3.63) is 35.6 Å². The quantitative estimate of drug-likeness (QED) is 0.759. The zero-order valence-electron chi connectivity index (χ0n) is 11.1. The fraction of sp³-hybridized carbons (Fsp3) is 0.500. The van der Waals surface area contributed by atoms with Gasteiger partial charge in [-0.2, -0.15) is 0 Å². The van der Waals surface area contributed by atoms with Gasteiger partial charge in [0.05, 0.1) is 0 Å². The van der Waals surface area contributed by atoms with Crippen LogP contribution in [0.4, 0.5) is 4.39 Å². The number of rotatable bonds is 4. The minimum absolute atomic E-state index is 0.0516. The molecule has 0 bridgehead atoms. The van der Waals surface area contributed by atoms with Crippen LogP contribution >= 0.6 is 0 Å². The van der Waals surface area contributed by atoms with E-state index >= 15 is 0 Å². The van der Waals surface area contributed by atoms with E-state index in [1.54, 1.807) is 0 Å². The van der Waals surface area contributed by atoms with Gasteiger partial charge in [-0.15, -0.1) is 0 Å². The molecule has 0 radical (unpaired) electrons. The number of nitrogens with zero attached hydrogens (tertiary/aromatic N) is 1. The molecule has 108 valence electrons. The standard InChI is InChI=1S/C14H18FN3O2/c15-11-3-1-9(2-4-11)12-5-6-18(12)8-10-7-16-17-13(10)14(19)20/h1-4,10,12-13,16-17H,5-8H2,(H,19,20). The van der Waals surface area contributed by atoms with Crippen molar-refractivity contribution >= 4 is 5.97 Å². The van der Waals surface area contributed by atoms with Gasteiger partial charge in [0.25, 0.3) is 0 Å². The number of halogens is 1. The van der Waals surface area contributed by atoms with Gasteiger partial charge in [0, 0.05) is 31.6 Å². The fourth-order valence-corrected chi connectivity index (χ4v) is 2.99. The Morgan fingerprint density at radius 3 is 2.75 bits per heavy atom. The molecule has 3 N–H and O–H groups in total. The molecule has 20 heavy (non-hydrogen) atoms. The summed E-state index contributed by atoms with van der Waals surface area (Å²) in [4.78, 5) is 13.4. The smallest absolute Gasteiger partial charge is 0.322 e. The number of aliphatic carboxylic acids is 1. The molecule has 2 fully saturated rings. The molecule has 2 heterocycles. The number of likely N-dealkylation sites (tertiary alicyclic amines) is 1. The first kappa shape index (κ1) is 13.5. The Balaban J connectivity index is 1.63. The predicted octanol–water partition coefficient (Wildman–Crippen LogP) is 0.750. The fourth-order valence-electron chi connectivity index (χ4n) is 2.99. The summed E-state index contributed by atoms with van der Waals surface area (Å²) in [6.45, 7) is 2.35. The molecular weight excluding hydrogens is 261 g/mol. The number of hydrogen-bond acceptors (Lipinski definition) is 4. The SMILES string of the molecule is O=C(O)C1NNCC1CN1CCC1c1ccc(F)cc1. The highest BCUT2D eigenvalue weighted by molar-refractivity contribution is 5.74. The lowest BCUT2D eigenvalue weighted by Gasteiger charge is -2.43. The Kier molecular flexibility index (Phi) is 3.69. The molecule has 3 atom stereocenters. The average Bonchev–Trinajstić information content (AvgIpc) is 2.86. The van der Waals surface area contributed by atoms with Gasteiger partial charge < -0.3 is 5.11 Å². The monoisotopic (exact) mass is 279 g/mol. The Morgan fingerprint density at radius 1 is 1.40 bits per heavy atom. The van der Waals surface area contributed by atoms with E-state index in [9.17, 15) is 9.18 Å². The van der Waals surface area contributed by atoms with E-state index in [0.717, 1.165) is 25.1 Å². The number of carboxylic acid groups (broad SMARTS) is 1. The second-order valence-corrected chi connectivity index (χ2v) is 5.45. The van der Waals surface area contributed by atoms with Crippen molar-refractivity contribution in [3.63, 3.8) is 0 Å². The van der Waals surface area contributed by atoms with E-state index in [-0.39, 0.29) is 17.8 Å². The molecule has 3 unspecified atom stereocenters. The van der Waals surface area contributed by atoms with Crippen molar-refractivity contribution in [2.75, 3.05) is 19.6 Å². The van der Waals surface area contributed by atoms with Crippen LogP contribution in [-0.4, -0.2) is 41.7 Å². The van der Waals surface area contributed by atoms with Crippen molar-refractivity contribution in [1.29, 1.82) is 0 Å². The number of carbonyl (C=O) groups is 1. The molecule has 0 saturated carbocycles. The van der Waals surface area contributed by atoms with E-state index in [0.29, 0.717) is 6.54 Å². The van der Waals surface area contributed by atoms with Crippen molar-refractivity contribution in [1.82, 2.24) is 15.8 Å². The zero-order valence-corrected chi connectivity index (χ0v) is 11.1. The second-order valence-electron chi connectivity index (χ2n) is 5.45. The maximum atomic E-state index is 12.9. The van der Waals surface area contributed by atoms with Gasteiger partial charge in [0.2, 0.25) is 0 Å². The summed E-state index contributed by atoms with van der Waals surface area (Å²) >= 11 is 0. The van der Waals surface area contributed by atoms with Crippen LogP contribution < -0.4 is 10.9 Å². The summed E-state index contributed by atoms with van der Waals surface area (Å²) in [6, 6.07) is 6.32. The summed E-state index contributed by atoms with van der Waals surface area (Å²) in [5, 5.41) is 9.14. The van der Waals surface area contributed by atoms with Crippen molar-refractivity contribution in [2.24, 2.45) is 5.92 Å². The lowest BCUT2D eigenvalue weighted by Crippen LogP contribution is -2.48. The molecule has 1 aromatic rings. The van der Waals surface area contributed by atoms with Gasteiger partial charge >= 0.3 is 5.97 Å². The third kappa shape index (κ3) is 2.54. The van der Waals surface area contributed by atoms with E-state index < -0.39 is 12.0 Å². The maximum Gasteiger partial charge on any atom is 0.322 e. The summed E-state index contributed by atoms with van der Waals surface area (Å²) in [6.07, 6.45) is 1.04. The number of nitrogens with one attached hydrogen (secondary N) is 2. The summed E-state index contributed by atoms with van der Waals surface area (Å²) < 4.78 is 12.9. The zero-order chi connectivity index (χ0) is 14.1. The normalized spacial score (nSPS) is 30.1. The van der Waals surface area contributed by atoms with Crippen molar-refractivity contribution < 1.29 is 14.3 Å². The van der Waals surface area contributed by atoms with Gasteiger partial charge in [-0.1, -0.05) is 12.1 Å². The van der Waals surface area contributed by atoms with E-state index in [2.05, 4.69) is 15.8 Å². The van der Waals surface area contributed by atoms with Crippen LogP contribution in [0.5, 0.6) is 0 Å². The highest BCUT2D eigenvalue weighted by atomic mass is 19.1. The molecule has 0 aromatic heterocycles. The maximum absolute atomic E-state index is 12.9. The lowest BCUT2D eigenvalue weighted by atomic mass is 9.91. The minimum Gasteiger partial charge on any atom is -0.480 e. The van der Waals surface area contributed by atoms with Crippen LogP contribution in [0.15, 0.2) is 24.3 Å². The highest BCUT2D eigenvalue weighted by Gasteiger charge is 2.38. The average molecular weight is 279 g/mol. The number of hydrazine groups is 1. The molecule has 5 nitrogen and oxygen atoms in total. The molecule has 6 heteroatoms. The topological polar surface area (TPSA) is 64.6 Å². The second kappa shape index (κ2) is 5.47. The van der Waals surface area contributed by atoms with E-state index in [1.807, 2.05) is 12.1 Å². The van der Waals surface area contributed by atoms with Gasteiger partial charge in [-0.25, -0.2) is 9.82 Å². The van der Waals surface area contributed by atoms with Crippen LogP contribution in [-0.2, 0) is 4.79 Å². The van der Waals surface area contributed by atoms with E-state index in [4.69, 9.17) is 5.11 Å². The van der Waals surface area contributed by atoms with Crippen molar-refractivity contribution in [3.8, 4) is 0 Å². The third-order valence-corrected chi connectivity index (χ3v) is 4.21. The largest absolute Gasteiger partial charge is 0.480 e.